The van der Waals surface area contributed by atoms with Crippen molar-refractivity contribution in [1.29, 1.82) is 0 Å². The molecule has 0 heterocycles. The molecule has 1 atom stereocenters. The van der Waals surface area contributed by atoms with Crippen LogP contribution in [0.25, 0.3) is 0 Å². The van der Waals surface area contributed by atoms with Gasteiger partial charge in [-0.05, 0) is 19.8 Å². The molecule has 2 nitrogen and oxygen atoms in total. The van der Waals surface area contributed by atoms with Crippen molar-refractivity contribution in [1.82, 2.24) is 0 Å². The molecule has 70 valence electrons. The molecule has 0 aliphatic heterocycles. The molecule has 0 radical (unpaired) electrons. The van der Waals surface area contributed by atoms with Gasteiger partial charge in [-0.1, -0.05) is 26.0 Å². The van der Waals surface area contributed by atoms with E-state index in [1.807, 2.05) is 26.0 Å². The van der Waals surface area contributed by atoms with Gasteiger partial charge in [0.1, 0.15) is 0 Å². The van der Waals surface area contributed by atoms with Crippen LogP contribution in [0.5, 0.6) is 0 Å². The Morgan fingerprint density at radius 1 is 1.33 bits per heavy atom. The second-order valence-electron chi connectivity index (χ2n) is 3.17. The number of ether oxygens (including phenoxy) is 1. The molecular formula is C10H18O2. The van der Waals surface area contributed by atoms with E-state index in [0.29, 0.717) is 12.5 Å². The van der Waals surface area contributed by atoms with Gasteiger partial charge in [0.15, 0.2) is 0 Å². The summed E-state index contributed by atoms with van der Waals surface area (Å²) in [4.78, 5) is 11.1. The van der Waals surface area contributed by atoms with Crippen LogP contribution in [0.15, 0.2) is 12.2 Å². The van der Waals surface area contributed by atoms with Crippen LogP contribution in [0.4, 0.5) is 0 Å². The monoisotopic (exact) mass is 170 g/mol. The van der Waals surface area contributed by atoms with E-state index in [-0.39, 0.29) is 11.9 Å². The third-order valence-electron chi connectivity index (χ3n) is 1.44. The van der Waals surface area contributed by atoms with Crippen molar-refractivity contribution >= 4 is 5.97 Å². The summed E-state index contributed by atoms with van der Waals surface area (Å²) >= 11 is 0. The van der Waals surface area contributed by atoms with Crippen molar-refractivity contribution in [2.45, 2.75) is 27.7 Å². The summed E-state index contributed by atoms with van der Waals surface area (Å²) < 4.78 is 4.85. The first-order valence-electron chi connectivity index (χ1n) is 4.42. The van der Waals surface area contributed by atoms with E-state index in [1.54, 1.807) is 0 Å². The maximum Gasteiger partial charge on any atom is 0.312 e. The van der Waals surface area contributed by atoms with Gasteiger partial charge in [0.05, 0.1) is 12.5 Å². The summed E-state index contributed by atoms with van der Waals surface area (Å²) in [5.41, 5.74) is 0. The summed E-state index contributed by atoms with van der Waals surface area (Å²) in [6, 6.07) is 0. The molecule has 1 unspecified atom stereocenters. The van der Waals surface area contributed by atoms with E-state index in [9.17, 15) is 4.79 Å². The Morgan fingerprint density at radius 3 is 2.33 bits per heavy atom. The van der Waals surface area contributed by atoms with E-state index in [0.717, 1.165) is 0 Å². The SMILES string of the molecule is CCOC(=O)C(C)/C=C/C(C)C. The zero-order chi connectivity index (χ0) is 9.56. The van der Waals surface area contributed by atoms with Gasteiger partial charge in [0.2, 0.25) is 0 Å². The number of hydrogen-bond acceptors (Lipinski definition) is 2. The van der Waals surface area contributed by atoms with Gasteiger partial charge in [0.25, 0.3) is 0 Å². The molecule has 0 aromatic carbocycles. The van der Waals surface area contributed by atoms with Gasteiger partial charge < -0.3 is 4.74 Å². The average molecular weight is 170 g/mol. The number of carbonyl (C=O) groups is 1. The van der Waals surface area contributed by atoms with Gasteiger partial charge in [-0.2, -0.15) is 0 Å². The number of rotatable bonds is 4. The van der Waals surface area contributed by atoms with Gasteiger partial charge >= 0.3 is 5.97 Å². The Labute approximate surface area is 74.6 Å². The molecule has 0 saturated heterocycles. The van der Waals surface area contributed by atoms with Crippen LogP contribution in [-0.4, -0.2) is 12.6 Å². The summed E-state index contributed by atoms with van der Waals surface area (Å²) in [5.74, 6) is 0.226. The fourth-order valence-corrected chi connectivity index (χ4v) is 0.741. The van der Waals surface area contributed by atoms with Crippen molar-refractivity contribution in [3.63, 3.8) is 0 Å². The smallest absolute Gasteiger partial charge is 0.312 e. The molecule has 12 heavy (non-hydrogen) atoms. The largest absolute Gasteiger partial charge is 0.466 e. The standard InChI is InChI=1S/C10H18O2/c1-5-12-10(11)9(4)7-6-8(2)3/h6-9H,5H2,1-4H3/b7-6+. The molecule has 0 N–H and O–H groups in total. The number of allylic oxidation sites excluding steroid dienone is 1. The summed E-state index contributed by atoms with van der Waals surface area (Å²) in [7, 11) is 0. The topological polar surface area (TPSA) is 26.3 Å². The Balaban J connectivity index is 3.86. The lowest BCUT2D eigenvalue weighted by Crippen LogP contribution is -2.12. The zero-order valence-electron chi connectivity index (χ0n) is 8.33. The Kier molecular flexibility index (Phi) is 5.43. The predicted molar refractivity (Wildman–Crippen MR) is 49.8 cm³/mol. The summed E-state index contributed by atoms with van der Waals surface area (Å²) in [5, 5.41) is 0. The van der Waals surface area contributed by atoms with E-state index in [4.69, 9.17) is 4.74 Å². The first kappa shape index (κ1) is 11.2. The summed E-state index contributed by atoms with van der Waals surface area (Å²) in [6.07, 6.45) is 3.91. The first-order chi connectivity index (χ1) is 5.57. The van der Waals surface area contributed by atoms with Crippen LogP contribution in [0.2, 0.25) is 0 Å². The maximum absolute atomic E-state index is 11.1. The molecule has 0 aliphatic rings. The third-order valence-corrected chi connectivity index (χ3v) is 1.44. The van der Waals surface area contributed by atoms with E-state index < -0.39 is 0 Å². The number of hydrogen-bond donors (Lipinski definition) is 0. The number of carbonyl (C=O) groups excluding carboxylic acids is 1. The van der Waals surface area contributed by atoms with Crippen molar-refractivity contribution < 1.29 is 9.53 Å². The molecular weight excluding hydrogens is 152 g/mol. The van der Waals surface area contributed by atoms with Crippen LogP contribution in [0.1, 0.15) is 27.7 Å². The molecule has 0 bridgehead atoms. The predicted octanol–water partition coefficient (Wildman–Crippen LogP) is 2.40. The molecule has 0 aromatic heterocycles. The minimum absolute atomic E-state index is 0.118. The highest BCUT2D eigenvalue weighted by atomic mass is 16.5. The normalized spacial score (nSPS) is 13.8. The first-order valence-corrected chi connectivity index (χ1v) is 4.42. The maximum atomic E-state index is 11.1. The Bertz CT molecular complexity index is 159. The van der Waals surface area contributed by atoms with Crippen molar-refractivity contribution in [2.75, 3.05) is 6.61 Å². The van der Waals surface area contributed by atoms with Crippen molar-refractivity contribution in [3.8, 4) is 0 Å². The highest BCUT2D eigenvalue weighted by Gasteiger charge is 2.09. The minimum atomic E-state index is -0.144. The number of esters is 1. The van der Waals surface area contributed by atoms with Gasteiger partial charge in [-0.25, -0.2) is 0 Å². The Morgan fingerprint density at radius 2 is 1.92 bits per heavy atom. The van der Waals surface area contributed by atoms with Crippen molar-refractivity contribution in [3.05, 3.63) is 12.2 Å². The van der Waals surface area contributed by atoms with Crippen molar-refractivity contribution in [2.24, 2.45) is 11.8 Å². The van der Waals surface area contributed by atoms with Gasteiger partial charge in [-0.3, -0.25) is 4.79 Å². The van der Waals surface area contributed by atoms with Crippen LogP contribution in [0.3, 0.4) is 0 Å². The van der Waals surface area contributed by atoms with E-state index >= 15 is 0 Å². The van der Waals surface area contributed by atoms with Gasteiger partial charge in [-0.15, -0.1) is 0 Å². The summed E-state index contributed by atoms with van der Waals surface area (Å²) in [6.45, 7) is 8.27. The van der Waals surface area contributed by atoms with Crippen LogP contribution in [-0.2, 0) is 9.53 Å². The molecule has 2 heteroatoms. The Hall–Kier alpha value is -0.790. The lowest BCUT2D eigenvalue weighted by atomic mass is 10.1. The fraction of sp³-hybridized carbons (Fsp3) is 0.700. The lowest BCUT2D eigenvalue weighted by Gasteiger charge is -2.05. The average Bonchev–Trinajstić information content (AvgIpc) is 2.00. The second kappa shape index (κ2) is 5.81. The molecule has 0 saturated carbocycles. The van der Waals surface area contributed by atoms with Crippen LogP contribution < -0.4 is 0 Å². The fourth-order valence-electron chi connectivity index (χ4n) is 0.741. The quantitative estimate of drug-likeness (QED) is 0.478. The zero-order valence-corrected chi connectivity index (χ0v) is 8.33. The van der Waals surface area contributed by atoms with E-state index in [1.165, 1.54) is 0 Å². The molecule has 0 aromatic rings. The highest BCUT2D eigenvalue weighted by molar-refractivity contribution is 5.73. The third kappa shape index (κ3) is 4.94. The molecule has 0 fully saturated rings. The molecule has 0 spiro atoms. The lowest BCUT2D eigenvalue weighted by molar-refractivity contribution is -0.145. The van der Waals surface area contributed by atoms with Crippen LogP contribution >= 0.6 is 0 Å². The second-order valence-corrected chi connectivity index (χ2v) is 3.17. The molecule has 0 rings (SSSR count). The van der Waals surface area contributed by atoms with Gasteiger partial charge in [0, 0.05) is 0 Å². The molecule has 0 aliphatic carbocycles. The van der Waals surface area contributed by atoms with E-state index in [2.05, 4.69) is 13.8 Å². The molecule has 0 amide bonds. The highest BCUT2D eigenvalue weighted by Crippen LogP contribution is 2.03. The minimum Gasteiger partial charge on any atom is -0.466 e. The van der Waals surface area contributed by atoms with Crippen LogP contribution in [0, 0.1) is 11.8 Å².